The van der Waals surface area contributed by atoms with Crippen LogP contribution in [0.2, 0.25) is 5.02 Å². The van der Waals surface area contributed by atoms with Crippen LogP contribution in [-0.4, -0.2) is 4.98 Å². The van der Waals surface area contributed by atoms with E-state index in [1.54, 1.807) is 18.3 Å². The van der Waals surface area contributed by atoms with E-state index in [2.05, 4.69) is 4.98 Å². The summed E-state index contributed by atoms with van der Waals surface area (Å²) in [4.78, 5) is 4.12. The van der Waals surface area contributed by atoms with Crippen molar-refractivity contribution in [3.8, 4) is 11.6 Å². The summed E-state index contributed by atoms with van der Waals surface area (Å²) in [6.45, 7) is 4.52. The summed E-state index contributed by atoms with van der Waals surface area (Å²) in [7, 11) is 0. The fraction of sp³-hybridized carbons (Fsp3) is 0.214. The van der Waals surface area contributed by atoms with E-state index in [1.807, 2.05) is 26.0 Å². The van der Waals surface area contributed by atoms with Gasteiger partial charge in [0.15, 0.2) is 0 Å². The summed E-state index contributed by atoms with van der Waals surface area (Å²) in [6, 6.07) is 7.55. The van der Waals surface area contributed by atoms with E-state index in [1.165, 1.54) is 0 Å². The Hall–Kier alpha value is -1.58. The molecular formula is C14H15ClN2O. The molecule has 2 rings (SSSR count). The number of hydrogen-bond acceptors (Lipinski definition) is 3. The number of halogens is 1. The van der Waals surface area contributed by atoms with E-state index in [-0.39, 0.29) is 0 Å². The van der Waals surface area contributed by atoms with Gasteiger partial charge in [-0.2, -0.15) is 0 Å². The quantitative estimate of drug-likeness (QED) is 0.919. The van der Waals surface area contributed by atoms with Crippen molar-refractivity contribution in [3.63, 3.8) is 0 Å². The molecule has 0 radical (unpaired) electrons. The molecule has 94 valence electrons. The van der Waals surface area contributed by atoms with Crippen molar-refractivity contribution in [3.05, 3.63) is 52.2 Å². The molecule has 0 saturated heterocycles. The van der Waals surface area contributed by atoms with E-state index in [0.29, 0.717) is 17.4 Å². The molecule has 2 N–H and O–H groups in total. The number of rotatable bonds is 3. The third-order valence-corrected chi connectivity index (χ3v) is 2.89. The average molecular weight is 263 g/mol. The monoisotopic (exact) mass is 262 g/mol. The first-order valence-corrected chi connectivity index (χ1v) is 6.07. The van der Waals surface area contributed by atoms with Crippen LogP contribution in [-0.2, 0) is 6.54 Å². The van der Waals surface area contributed by atoms with E-state index < -0.39 is 0 Å². The van der Waals surface area contributed by atoms with Crippen LogP contribution >= 0.6 is 11.6 Å². The largest absolute Gasteiger partial charge is 0.438 e. The normalized spacial score (nSPS) is 10.4. The molecule has 1 aromatic heterocycles. The van der Waals surface area contributed by atoms with Gasteiger partial charge in [0.2, 0.25) is 5.88 Å². The first-order chi connectivity index (χ1) is 8.60. The Morgan fingerprint density at radius 1 is 1.22 bits per heavy atom. The van der Waals surface area contributed by atoms with Gasteiger partial charge in [0, 0.05) is 18.8 Å². The van der Waals surface area contributed by atoms with Crippen LogP contribution in [0.4, 0.5) is 0 Å². The van der Waals surface area contributed by atoms with Gasteiger partial charge in [-0.25, -0.2) is 4.98 Å². The van der Waals surface area contributed by atoms with Gasteiger partial charge in [0.1, 0.15) is 5.75 Å². The minimum absolute atomic E-state index is 0.529. The van der Waals surface area contributed by atoms with Gasteiger partial charge in [0.05, 0.1) is 5.02 Å². The Kier molecular flexibility index (Phi) is 3.84. The number of ether oxygens (including phenoxy) is 1. The van der Waals surface area contributed by atoms with Crippen molar-refractivity contribution in [2.45, 2.75) is 20.4 Å². The van der Waals surface area contributed by atoms with Crippen molar-refractivity contribution in [2.75, 3.05) is 0 Å². The number of pyridine rings is 1. The maximum absolute atomic E-state index is 5.78. The summed E-state index contributed by atoms with van der Waals surface area (Å²) >= 11 is 5.78. The minimum atomic E-state index is 0.529. The third-order valence-electron chi connectivity index (χ3n) is 2.66. The Labute approximate surface area is 112 Å². The molecular weight excluding hydrogens is 248 g/mol. The first kappa shape index (κ1) is 12.9. The average Bonchev–Trinajstić information content (AvgIpc) is 2.35. The third kappa shape index (κ3) is 2.81. The SMILES string of the molecule is Cc1cc(CN)cc(C)c1Oc1ccc(Cl)cn1. The zero-order valence-electron chi connectivity index (χ0n) is 10.4. The molecule has 1 aromatic carbocycles. The lowest BCUT2D eigenvalue weighted by atomic mass is 10.1. The van der Waals surface area contributed by atoms with Crippen molar-refractivity contribution < 1.29 is 4.74 Å². The molecule has 0 spiro atoms. The van der Waals surface area contributed by atoms with Crippen LogP contribution in [0.15, 0.2) is 30.5 Å². The van der Waals surface area contributed by atoms with Crippen LogP contribution in [0.25, 0.3) is 0 Å². The summed E-state index contributed by atoms with van der Waals surface area (Å²) in [5.74, 6) is 1.35. The van der Waals surface area contributed by atoms with E-state index in [4.69, 9.17) is 22.1 Å². The van der Waals surface area contributed by atoms with Crippen LogP contribution in [0, 0.1) is 13.8 Å². The van der Waals surface area contributed by atoms with Crippen molar-refractivity contribution in [1.29, 1.82) is 0 Å². The van der Waals surface area contributed by atoms with Gasteiger partial charge in [-0.3, -0.25) is 0 Å². The number of aromatic nitrogens is 1. The number of nitrogens with zero attached hydrogens (tertiary/aromatic N) is 1. The van der Waals surface area contributed by atoms with Gasteiger partial charge >= 0.3 is 0 Å². The maximum Gasteiger partial charge on any atom is 0.219 e. The number of hydrogen-bond donors (Lipinski definition) is 1. The molecule has 1 heterocycles. The van der Waals surface area contributed by atoms with E-state index in [0.717, 1.165) is 22.4 Å². The molecule has 3 nitrogen and oxygen atoms in total. The van der Waals surface area contributed by atoms with Crippen LogP contribution in [0.1, 0.15) is 16.7 Å². The van der Waals surface area contributed by atoms with Crippen molar-refractivity contribution in [1.82, 2.24) is 4.98 Å². The lowest BCUT2D eigenvalue weighted by Crippen LogP contribution is -2.00. The van der Waals surface area contributed by atoms with Crippen molar-refractivity contribution in [2.24, 2.45) is 5.73 Å². The van der Waals surface area contributed by atoms with Gasteiger partial charge < -0.3 is 10.5 Å². The maximum atomic E-state index is 5.78. The lowest BCUT2D eigenvalue weighted by Gasteiger charge is -2.12. The highest BCUT2D eigenvalue weighted by molar-refractivity contribution is 6.30. The lowest BCUT2D eigenvalue weighted by molar-refractivity contribution is 0.456. The molecule has 0 aliphatic rings. The van der Waals surface area contributed by atoms with Crippen LogP contribution < -0.4 is 10.5 Å². The molecule has 0 fully saturated rings. The van der Waals surface area contributed by atoms with Gasteiger partial charge in [-0.1, -0.05) is 23.7 Å². The minimum Gasteiger partial charge on any atom is -0.438 e. The summed E-state index contributed by atoms with van der Waals surface area (Å²) in [5.41, 5.74) is 8.83. The first-order valence-electron chi connectivity index (χ1n) is 5.69. The van der Waals surface area contributed by atoms with Crippen LogP contribution in [0.3, 0.4) is 0 Å². The van der Waals surface area contributed by atoms with E-state index >= 15 is 0 Å². The molecule has 0 aliphatic heterocycles. The smallest absolute Gasteiger partial charge is 0.219 e. The molecule has 0 atom stereocenters. The fourth-order valence-electron chi connectivity index (χ4n) is 1.85. The Balaban J connectivity index is 2.31. The highest BCUT2D eigenvalue weighted by atomic mass is 35.5. The number of aryl methyl sites for hydroxylation is 2. The zero-order chi connectivity index (χ0) is 13.1. The molecule has 0 saturated carbocycles. The predicted octanol–water partition coefficient (Wildman–Crippen LogP) is 3.60. The van der Waals surface area contributed by atoms with Gasteiger partial charge in [-0.15, -0.1) is 0 Å². The summed E-state index contributed by atoms with van der Waals surface area (Å²) in [5, 5.41) is 0.592. The highest BCUT2D eigenvalue weighted by Crippen LogP contribution is 2.29. The second-order valence-electron chi connectivity index (χ2n) is 4.18. The second-order valence-corrected chi connectivity index (χ2v) is 4.62. The molecule has 0 unspecified atom stereocenters. The van der Waals surface area contributed by atoms with Crippen molar-refractivity contribution >= 4 is 11.6 Å². The molecule has 0 bridgehead atoms. The molecule has 4 heteroatoms. The number of benzene rings is 1. The fourth-order valence-corrected chi connectivity index (χ4v) is 1.96. The Morgan fingerprint density at radius 3 is 2.39 bits per heavy atom. The molecule has 0 amide bonds. The standard InChI is InChI=1S/C14H15ClN2O/c1-9-5-11(7-16)6-10(2)14(9)18-13-4-3-12(15)8-17-13/h3-6,8H,7,16H2,1-2H3. The van der Waals surface area contributed by atoms with Gasteiger partial charge in [0.25, 0.3) is 0 Å². The topological polar surface area (TPSA) is 48.1 Å². The predicted molar refractivity (Wildman–Crippen MR) is 73.1 cm³/mol. The Bertz CT molecular complexity index is 529. The molecule has 0 aliphatic carbocycles. The molecule has 2 aromatic rings. The Morgan fingerprint density at radius 2 is 1.89 bits per heavy atom. The molecule has 18 heavy (non-hydrogen) atoms. The highest BCUT2D eigenvalue weighted by Gasteiger charge is 2.08. The summed E-state index contributed by atoms with van der Waals surface area (Å²) < 4.78 is 5.78. The van der Waals surface area contributed by atoms with Gasteiger partial charge in [-0.05, 0) is 36.6 Å². The number of nitrogens with two attached hydrogens (primary N) is 1. The van der Waals surface area contributed by atoms with E-state index in [9.17, 15) is 0 Å². The zero-order valence-corrected chi connectivity index (χ0v) is 11.2. The second kappa shape index (κ2) is 5.38. The summed E-state index contributed by atoms with van der Waals surface area (Å²) in [6.07, 6.45) is 1.57. The van der Waals surface area contributed by atoms with Crippen LogP contribution in [0.5, 0.6) is 11.6 Å².